The standard InChI is InChI=1S/C22H29ClN2O3/c23-18-1-3-19(4-2-18)28-14-21(27)25-6-5-24-20(26)13-22-10-15-7-16(11-22)9-17(8-15)12-22/h1-4,15-17H,5-14H2,(H,24,26)(H,25,27). The van der Waals surface area contributed by atoms with Gasteiger partial charge < -0.3 is 15.4 Å². The second-order valence-electron chi connectivity index (χ2n) is 9.04. The molecule has 0 atom stereocenters. The maximum Gasteiger partial charge on any atom is 0.258 e. The highest BCUT2D eigenvalue weighted by Gasteiger charge is 2.51. The Morgan fingerprint density at radius 1 is 0.929 bits per heavy atom. The lowest BCUT2D eigenvalue weighted by Gasteiger charge is -2.56. The Balaban J connectivity index is 1.12. The van der Waals surface area contributed by atoms with Gasteiger partial charge in [0.25, 0.3) is 5.91 Å². The number of amides is 2. The largest absolute Gasteiger partial charge is 0.484 e. The molecule has 0 saturated heterocycles. The Hall–Kier alpha value is -1.75. The van der Waals surface area contributed by atoms with E-state index >= 15 is 0 Å². The number of carbonyl (C=O) groups is 2. The number of hydrogen-bond donors (Lipinski definition) is 2. The van der Waals surface area contributed by atoms with Gasteiger partial charge in [-0.25, -0.2) is 0 Å². The van der Waals surface area contributed by atoms with E-state index in [2.05, 4.69) is 10.6 Å². The summed E-state index contributed by atoms with van der Waals surface area (Å²) in [5.74, 6) is 3.11. The minimum absolute atomic E-state index is 0.0527. The van der Waals surface area contributed by atoms with E-state index in [-0.39, 0.29) is 23.8 Å². The Morgan fingerprint density at radius 3 is 2.04 bits per heavy atom. The number of carbonyl (C=O) groups excluding carboxylic acids is 2. The van der Waals surface area contributed by atoms with E-state index in [9.17, 15) is 9.59 Å². The van der Waals surface area contributed by atoms with Gasteiger partial charge in [-0.15, -0.1) is 0 Å². The Labute approximate surface area is 171 Å². The fourth-order valence-electron chi connectivity index (χ4n) is 6.04. The number of ether oxygens (including phenoxy) is 1. The van der Waals surface area contributed by atoms with Gasteiger partial charge in [0.1, 0.15) is 5.75 Å². The molecule has 0 unspecified atom stereocenters. The molecule has 1 aromatic carbocycles. The SMILES string of the molecule is O=C(COc1ccc(Cl)cc1)NCCNC(=O)CC12CC3CC(CC(C3)C1)C2. The molecule has 0 spiro atoms. The van der Waals surface area contributed by atoms with E-state index in [4.69, 9.17) is 16.3 Å². The topological polar surface area (TPSA) is 67.4 Å². The first-order chi connectivity index (χ1) is 13.5. The Bertz CT molecular complexity index is 684. The molecule has 5 nitrogen and oxygen atoms in total. The molecule has 4 bridgehead atoms. The molecule has 4 aliphatic carbocycles. The van der Waals surface area contributed by atoms with Crippen LogP contribution in [0.1, 0.15) is 44.9 Å². The van der Waals surface area contributed by atoms with E-state index in [0.29, 0.717) is 30.3 Å². The van der Waals surface area contributed by atoms with Gasteiger partial charge >= 0.3 is 0 Å². The first-order valence-corrected chi connectivity index (χ1v) is 10.8. The van der Waals surface area contributed by atoms with Crippen LogP contribution in [0.3, 0.4) is 0 Å². The third kappa shape index (κ3) is 4.80. The summed E-state index contributed by atoms with van der Waals surface area (Å²) in [5.41, 5.74) is 0.258. The lowest BCUT2D eigenvalue weighted by Crippen LogP contribution is -2.48. The summed E-state index contributed by atoms with van der Waals surface area (Å²) in [7, 11) is 0. The van der Waals surface area contributed by atoms with Crippen molar-refractivity contribution in [2.24, 2.45) is 23.2 Å². The maximum atomic E-state index is 12.5. The Kier molecular flexibility index (Phi) is 5.81. The van der Waals surface area contributed by atoms with Crippen LogP contribution in [-0.2, 0) is 9.59 Å². The summed E-state index contributed by atoms with van der Waals surface area (Å²) in [6.07, 6.45) is 8.56. The third-order valence-corrected chi connectivity index (χ3v) is 6.91. The van der Waals surface area contributed by atoms with Gasteiger partial charge in [-0.2, -0.15) is 0 Å². The summed E-state index contributed by atoms with van der Waals surface area (Å²) in [6.45, 7) is 0.816. The first kappa shape index (κ1) is 19.6. The van der Waals surface area contributed by atoms with Gasteiger partial charge in [-0.1, -0.05) is 11.6 Å². The molecule has 4 aliphatic rings. The van der Waals surface area contributed by atoms with Crippen LogP contribution in [0.15, 0.2) is 24.3 Å². The van der Waals surface area contributed by atoms with Gasteiger partial charge in [0, 0.05) is 24.5 Å². The lowest BCUT2D eigenvalue weighted by molar-refractivity contribution is -0.129. The van der Waals surface area contributed by atoms with Crippen molar-refractivity contribution >= 4 is 23.4 Å². The van der Waals surface area contributed by atoms with Gasteiger partial charge in [-0.05, 0) is 86.0 Å². The fourth-order valence-corrected chi connectivity index (χ4v) is 6.17. The summed E-state index contributed by atoms with van der Waals surface area (Å²) in [4.78, 5) is 24.3. The van der Waals surface area contributed by atoms with Crippen molar-refractivity contribution in [1.82, 2.24) is 10.6 Å². The zero-order valence-corrected chi connectivity index (χ0v) is 17.0. The first-order valence-electron chi connectivity index (χ1n) is 10.4. The average Bonchev–Trinajstić information content (AvgIpc) is 2.63. The van der Waals surface area contributed by atoms with Crippen molar-refractivity contribution in [2.45, 2.75) is 44.9 Å². The maximum absolute atomic E-state index is 12.5. The lowest BCUT2D eigenvalue weighted by atomic mass is 9.49. The predicted molar refractivity (Wildman–Crippen MR) is 108 cm³/mol. The average molecular weight is 405 g/mol. The van der Waals surface area contributed by atoms with Crippen LogP contribution in [0.25, 0.3) is 0 Å². The molecule has 1 aromatic rings. The van der Waals surface area contributed by atoms with Crippen LogP contribution in [0.4, 0.5) is 0 Å². The van der Waals surface area contributed by atoms with E-state index in [1.54, 1.807) is 24.3 Å². The summed E-state index contributed by atoms with van der Waals surface area (Å²) < 4.78 is 5.40. The van der Waals surface area contributed by atoms with Crippen LogP contribution in [-0.4, -0.2) is 31.5 Å². The van der Waals surface area contributed by atoms with Crippen molar-refractivity contribution in [3.8, 4) is 5.75 Å². The molecule has 6 heteroatoms. The van der Waals surface area contributed by atoms with Crippen LogP contribution < -0.4 is 15.4 Å². The van der Waals surface area contributed by atoms with Crippen molar-refractivity contribution in [3.05, 3.63) is 29.3 Å². The van der Waals surface area contributed by atoms with Crippen LogP contribution in [0.2, 0.25) is 5.02 Å². The summed E-state index contributed by atoms with van der Waals surface area (Å²) in [6, 6.07) is 6.88. The minimum atomic E-state index is -0.203. The molecule has 0 aliphatic heterocycles. The molecule has 4 fully saturated rings. The van der Waals surface area contributed by atoms with Crippen LogP contribution in [0, 0.1) is 23.2 Å². The smallest absolute Gasteiger partial charge is 0.258 e. The third-order valence-electron chi connectivity index (χ3n) is 6.65. The minimum Gasteiger partial charge on any atom is -0.484 e. The second kappa shape index (κ2) is 8.32. The molecule has 4 saturated carbocycles. The Morgan fingerprint density at radius 2 is 1.46 bits per heavy atom. The van der Waals surface area contributed by atoms with E-state index in [1.165, 1.54) is 38.5 Å². The fraction of sp³-hybridized carbons (Fsp3) is 0.636. The number of halogens is 1. The number of benzene rings is 1. The van der Waals surface area contributed by atoms with Crippen LogP contribution >= 0.6 is 11.6 Å². The number of nitrogens with one attached hydrogen (secondary N) is 2. The zero-order valence-electron chi connectivity index (χ0n) is 16.2. The van der Waals surface area contributed by atoms with Crippen molar-refractivity contribution < 1.29 is 14.3 Å². The number of rotatable bonds is 8. The van der Waals surface area contributed by atoms with Gasteiger partial charge in [0.05, 0.1) is 0 Å². The predicted octanol–water partition coefficient (Wildman–Crippen LogP) is 3.56. The van der Waals surface area contributed by atoms with E-state index < -0.39 is 0 Å². The monoisotopic (exact) mass is 404 g/mol. The normalized spacial score (nSPS) is 30.1. The highest BCUT2D eigenvalue weighted by Crippen LogP contribution is 2.61. The van der Waals surface area contributed by atoms with E-state index in [1.807, 2.05) is 0 Å². The molecule has 2 N–H and O–H groups in total. The molecular weight excluding hydrogens is 376 g/mol. The highest BCUT2D eigenvalue weighted by molar-refractivity contribution is 6.30. The van der Waals surface area contributed by atoms with Gasteiger partial charge in [0.2, 0.25) is 5.91 Å². The summed E-state index contributed by atoms with van der Waals surface area (Å²) in [5, 5.41) is 6.38. The van der Waals surface area contributed by atoms with E-state index in [0.717, 1.165) is 17.8 Å². The van der Waals surface area contributed by atoms with Crippen molar-refractivity contribution in [1.29, 1.82) is 0 Å². The molecule has 5 rings (SSSR count). The van der Waals surface area contributed by atoms with Crippen LogP contribution in [0.5, 0.6) is 5.75 Å². The highest BCUT2D eigenvalue weighted by atomic mass is 35.5. The molecule has 0 heterocycles. The van der Waals surface area contributed by atoms with Crippen molar-refractivity contribution in [3.63, 3.8) is 0 Å². The number of hydrogen-bond acceptors (Lipinski definition) is 3. The molecule has 28 heavy (non-hydrogen) atoms. The molecule has 2 amide bonds. The van der Waals surface area contributed by atoms with Crippen molar-refractivity contribution in [2.75, 3.05) is 19.7 Å². The molecule has 0 radical (unpaired) electrons. The quantitative estimate of drug-likeness (QED) is 0.651. The second-order valence-corrected chi connectivity index (χ2v) is 9.47. The zero-order chi connectivity index (χ0) is 19.6. The summed E-state index contributed by atoms with van der Waals surface area (Å²) >= 11 is 5.81. The molecule has 0 aromatic heterocycles. The molecule has 152 valence electrons. The van der Waals surface area contributed by atoms with Gasteiger partial charge in [0.15, 0.2) is 6.61 Å². The van der Waals surface area contributed by atoms with Gasteiger partial charge in [-0.3, -0.25) is 9.59 Å². The molecular formula is C22H29ClN2O3.